The number of aromatic nitrogens is 2. The van der Waals surface area contributed by atoms with Crippen LogP contribution in [0.15, 0.2) is 60.9 Å². The number of rotatable bonds is 5. The van der Waals surface area contributed by atoms with Crippen LogP contribution in [0.3, 0.4) is 0 Å². The van der Waals surface area contributed by atoms with Gasteiger partial charge in [0.1, 0.15) is 11.6 Å². The molecule has 3 rings (SSSR count). The number of nitrogens with zero attached hydrogens (tertiary/aromatic N) is 2. The van der Waals surface area contributed by atoms with Gasteiger partial charge in [-0.15, -0.1) is 0 Å². The van der Waals surface area contributed by atoms with Crippen molar-refractivity contribution in [3.63, 3.8) is 0 Å². The highest BCUT2D eigenvalue weighted by atomic mass is 19.1. The van der Waals surface area contributed by atoms with Crippen LogP contribution in [0.4, 0.5) is 10.1 Å². The average molecular weight is 323 g/mol. The SMILES string of the molecule is CC(=O)Nc1ccc(-c2nccn2CCc2cccc(F)c2)cc1. The lowest BCUT2D eigenvalue weighted by Crippen LogP contribution is -2.05. The summed E-state index contributed by atoms with van der Waals surface area (Å²) in [7, 11) is 0. The molecule has 0 aliphatic heterocycles. The van der Waals surface area contributed by atoms with E-state index in [0.29, 0.717) is 6.54 Å². The predicted octanol–water partition coefficient (Wildman–Crippen LogP) is 3.89. The molecule has 122 valence electrons. The van der Waals surface area contributed by atoms with Crippen LogP contribution in [-0.4, -0.2) is 15.5 Å². The van der Waals surface area contributed by atoms with E-state index in [1.165, 1.54) is 13.0 Å². The third-order valence-electron chi connectivity index (χ3n) is 3.71. The van der Waals surface area contributed by atoms with Crippen LogP contribution in [0.2, 0.25) is 0 Å². The van der Waals surface area contributed by atoms with Crippen molar-refractivity contribution in [1.82, 2.24) is 9.55 Å². The molecule has 0 atom stereocenters. The highest BCUT2D eigenvalue weighted by Crippen LogP contribution is 2.20. The van der Waals surface area contributed by atoms with Gasteiger partial charge in [-0.25, -0.2) is 9.37 Å². The van der Waals surface area contributed by atoms with Crippen LogP contribution < -0.4 is 5.32 Å². The molecule has 0 unspecified atom stereocenters. The number of halogens is 1. The van der Waals surface area contributed by atoms with E-state index >= 15 is 0 Å². The summed E-state index contributed by atoms with van der Waals surface area (Å²) in [5.41, 5.74) is 2.67. The van der Waals surface area contributed by atoms with Gasteiger partial charge in [-0.3, -0.25) is 4.79 Å². The number of hydrogen-bond acceptors (Lipinski definition) is 2. The highest BCUT2D eigenvalue weighted by molar-refractivity contribution is 5.88. The first-order valence-electron chi connectivity index (χ1n) is 7.75. The summed E-state index contributed by atoms with van der Waals surface area (Å²) in [4.78, 5) is 15.5. The van der Waals surface area contributed by atoms with E-state index < -0.39 is 0 Å². The molecule has 1 amide bonds. The molecule has 0 fully saturated rings. The number of benzene rings is 2. The molecule has 3 aromatic rings. The second-order valence-electron chi connectivity index (χ2n) is 5.58. The predicted molar refractivity (Wildman–Crippen MR) is 92.1 cm³/mol. The fourth-order valence-electron chi connectivity index (χ4n) is 2.60. The molecule has 0 saturated carbocycles. The Bertz CT molecular complexity index is 840. The van der Waals surface area contributed by atoms with Crippen LogP contribution >= 0.6 is 0 Å². The molecule has 0 aliphatic carbocycles. The molecule has 0 bridgehead atoms. The third kappa shape index (κ3) is 3.87. The maximum absolute atomic E-state index is 13.3. The van der Waals surface area contributed by atoms with Gasteiger partial charge in [-0.2, -0.15) is 0 Å². The summed E-state index contributed by atoms with van der Waals surface area (Å²) < 4.78 is 15.3. The summed E-state index contributed by atoms with van der Waals surface area (Å²) >= 11 is 0. The molecular formula is C19H18FN3O. The Hall–Kier alpha value is -2.95. The number of amides is 1. The molecule has 0 radical (unpaired) electrons. The van der Waals surface area contributed by atoms with E-state index in [4.69, 9.17) is 0 Å². The lowest BCUT2D eigenvalue weighted by Gasteiger charge is -2.09. The lowest BCUT2D eigenvalue weighted by atomic mass is 10.1. The van der Waals surface area contributed by atoms with Crippen LogP contribution in [0, 0.1) is 5.82 Å². The molecule has 5 heteroatoms. The van der Waals surface area contributed by atoms with E-state index in [9.17, 15) is 9.18 Å². The molecule has 2 aromatic carbocycles. The molecular weight excluding hydrogens is 305 g/mol. The fraction of sp³-hybridized carbons (Fsp3) is 0.158. The van der Waals surface area contributed by atoms with Crippen LogP contribution in [0.5, 0.6) is 0 Å². The number of nitrogens with one attached hydrogen (secondary N) is 1. The largest absolute Gasteiger partial charge is 0.331 e. The number of anilines is 1. The topological polar surface area (TPSA) is 46.9 Å². The smallest absolute Gasteiger partial charge is 0.221 e. The summed E-state index contributed by atoms with van der Waals surface area (Å²) in [5, 5.41) is 2.74. The molecule has 1 aromatic heterocycles. The number of aryl methyl sites for hydroxylation is 2. The quantitative estimate of drug-likeness (QED) is 0.774. The Kier molecular flexibility index (Phi) is 4.70. The first-order valence-corrected chi connectivity index (χ1v) is 7.75. The summed E-state index contributed by atoms with van der Waals surface area (Å²) in [5.74, 6) is 0.534. The van der Waals surface area contributed by atoms with E-state index in [1.54, 1.807) is 18.3 Å². The van der Waals surface area contributed by atoms with Gasteiger partial charge >= 0.3 is 0 Å². The lowest BCUT2D eigenvalue weighted by molar-refractivity contribution is -0.114. The van der Waals surface area contributed by atoms with Crippen molar-refractivity contribution in [3.05, 3.63) is 72.3 Å². The standard InChI is InChI=1S/C19H18FN3O/c1-14(24)22-18-7-5-16(6-8-18)19-21-10-12-23(19)11-9-15-3-2-4-17(20)13-15/h2-8,10,12-13H,9,11H2,1H3,(H,22,24). The average Bonchev–Trinajstić information content (AvgIpc) is 3.02. The minimum atomic E-state index is -0.216. The van der Waals surface area contributed by atoms with Crippen LogP contribution in [0.25, 0.3) is 11.4 Å². The van der Waals surface area contributed by atoms with Gasteiger partial charge in [0.05, 0.1) is 0 Å². The van der Waals surface area contributed by atoms with Gasteiger partial charge in [0.25, 0.3) is 0 Å². The Balaban J connectivity index is 1.74. The molecule has 0 aliphatic rings. The number of imidazole rings is 1. The summed E-state index contributed by atoms with van der Waals surface area (Å²) in [6, 6.07) is 14.2. The zero-order valence-electron chi connectivity index (χ0n) is 13.4. The van der Waals surface area contributed by atoms with Gasteiger partial charge in [0.2, 0.25) is 5.91 Å². The molecule has 24 heavy (non-hydrogen) atoms. The van der Waals surface area contributed by atoms with E-state index in [2.05, 4.69) is 10.3 Å². The Morgan fingerprint density at radius 1 is 1.21 bits per heavy atom. The Morgan fingerprint density at radius 2 is 2.00 bits per heavy atom. The third-order valence-corrected chi connectivity index (χ3v) is 3.71. The second kappa shape index (κ2) is 7.08. The van der Waals surface area contributed by atoms with Crippen molar-refractivity contribution in [2.75, 3.05) is 5.32 Å². The zero-order chi connectivity index (χ0) is 16.9. The number of carbonyl (C=O) groups is 1. The van der Waals surface area contributed by atoms with Crippen LogP contribution in [-0.2, 0) is 17.8 Å². The normalized spacial score (nSPS) is 10.6. The van der Waals surface area contributed by atoms with Gasteiger partial charge < -0.3 is 9.88 Å². The maximum atomic E-state index is 13.3. The maximum Gasteiger partial charge on any atom is 0.221 e. The number of carbonyl (C=O) groups excluding carboxylic acids is 1. The summed E-state index contributed by atoms with van der Waals surface area (Å²) in [6.45, 7) is 2.19. The van der Waals surface area contributed by atoms with E-state index in [0.717, 1.165) is 29.1 Å². The molecule has 1 N–H and O–H groups in total. The molecule has 0 spiro atoms. The van der Waals surface area contributed by atoms with Crippen LogP contribution in [0.1, 0.15) is 12.5 Å². The summed E-state index contributed by atoms with van der Waals surface area (Å²) in [6.07, 6.45) is 4.39. The van der Waals surface area contributed by atoms with E-state index in [-0.39, 0.29) is 11.7 Å². The van der Waals surface area contributed by atoms with Crippen molar-refractivity contribution in [2.45, 2.75) is 19.9 Å². The van der Waals surface area contributed by atoms with Crippen molar-refractivity contribution in [3.8, 4) is 11.4 Å². The van der Waals surface area contributed by atoms with Gasteiger partial charge in [0.15, 0.2) is 0 Å². The molecule has 1 heterocycles. The van der Waals surface area contributed by atoms with E-state index in [1.807, 2.05) is 41.1 Å². The minimum Gasteiger partial charge on any atom is -0.331 e. The van der Waals surface area contributed by atoms with Gasteiger partial charge in [0, 0.05) is 37.1 Å². The zero-order valence-corrected chi connectivity index (χ0v) is 13.4. The Morgan fingerprint density at radius 3 is 2.71 bits per heavy atom. The van der Waals surface area contributed by atoms with Crippen molar-refractivity contribution >= 4 is 11.6 Å². The van der Waals surface area contributed by atoms with Crippen molar-refractivity contribution < 1.29 is 9.18 Å². The Labute approximate surface area is 140 Å². The highest BCUT2D eigenvalue weighted by Gasteiger charge is 2.07. The fourth-order valence-corrected chi connectivity index (χ4v) is 2.60. The van der Waals surface area contributed by atoms with Crippen molar-refractivity contribution in [2.24, 2.45) is 0 Å². The monoisotopic (exact) mass is 323 g/mol. The minimum absolute atomic E-state index is 0.0978. The van der Waals surface area contributed by atoms with Gasteiger partial charge in [-0.1, -0.05) is 12.1 Å². The first-order chi connectivity index (χ1) is 11.6. The number of hydrogen-bond donors (Lipinski definition) is 1. The van der Waals surface area contributed by atoms with Crippen molar-refractivity contribution in [1.29, 1.82) is 0 Å². The second-order valence-corrected chi connectivity index (χ2v) is 5.58. The molecule has 4 nitrogen and oxygen atoms in total. The van der Waals surface area contributed by atoms with Gasteiger partial charge in [-0.05, 0) is 48.4 Å². The molecule has 0 saturated heterocycles. The first kappa shape index (κ1) is 15.9.